The molecule has 0 bridgehead atoms. The van der Waals surface area contributed by atoms with Gasteiger partial charge in [-0.2, -0.15) is 0 Å². The minimum Gasteiger partial charge on any atom is -0.341 e. The lowest BCUT2D eigenvalue weighted by atomic mass is 10.4. The second-order valence-corrected chi connectivity index (χ2v) is 4.05. The van der Waals surface area contributed by atoms with Crippen molar-refractivity contribution < 1.29 is 4.79 Å². The second kappa shape index (κ2) is 5.34. The van der Waals surface area contributed by atoms with Crippen LogP contribution in [0.5, 0.6) is 0 Å². The molecular formula is C8H8Cl2N2OS. The monoisotopic (exact) mass is 250 g/mol. The van der Waals surface area contributed by atoms with Crippen LogP contribution in [-0.4, -0.2) is 13.1 Å². The SMILES string of the molecule is CNC(=O)NSc1ccc(Cl)c(Cl)c1. The van der Waals surface area contributed by atoms with Crippen LogP contribution in [0.2, 0.25) is 10.0 Å². The van der Waals surface area contributed by atoms with Crippen LogP contribution in [0.25, 0.3) is 0 Å². The molecule has 1 aromatic carbocycles. The van der Waals surface area contributed by atoms with E-state index in [9.17, 15) is 4.79 Å². The molecule has 76 valence electrons. The summed E-state index contributed by atoms with van der Waals surface area (Å²) in [5.41, 5.74) is 0. The predicted molar refractivity (Wildman–Crippen MR) is 59.9 cm³/mol. The van der Waals surface area contributed by atoms with Crippen molar-refractivity contribution in [2.75, 3.05) is 7.05 Å². The summed E-state index contributed by atoms with van der Waals surface area (Å²) in [7, 11) is 1.55. The van der Waals surface area contributed by atoms with Gasteiger partial charge >= 0.3 is 6.03 Å². The van der Waals surface area contributed by atoms with Gasteiger partial charge in [0.25, 0.3) is 0 Å². The van der Waals surface area contributed by atoms with Gasteiger partial charge in [0.15, 0.2) is 0 Å². The normalized spacial score (nSPS) is 9.64. The first-order valence-corrected chi connectivity index (χ1v) is 5.30. The van der Waals surface area contributed by atoms with Crippen LogP contribution in [0.1, 0.15) is 0 Å². The third-order valence-electron chi connectivity index (χ3n) is 1.38. The lowest BCUT2D eigenvalue weighted by Crippen LogP contribution is -2.27. The quantitative estimate of drug-likeness (QED) is 0.793. The van der Waals surface area contributed by atoms with E-state index in [-0.39, 0.29) is 6.03 Å². The molecule has 0 radical (unpaired) electrons. The molecule has 0 aliphatic heterocycles. The summed E-state index contributed by atoms with van der Waals surface area (Å²) in [5.74, 6) is 0. The predicted octanol–water partition coefficient (Wildman–Crippen LogP) is 2.93. The fraction of sp³-hybridized carbons (Fsp3) is 0.125. The Morgan fingerprint density at radius 1 is 1.36 bits per heavy atom. The number of carbonyl (C=O) groups is 1. The fourth-order valence-corrected chi connectivity index (χ4v) is 1.68. The molecule has 0 fully saturated rings. The third kappa shape index (κ3) is 3.29. The van der Waals surface area contributed by atoms with Gasteiger partial charge in [-0.1, -0.05) is 23.2 Å². The maximum Gasteiger partial charge on any atom is 0.324 e. The van der Waals surface area contributed by atoms with E-state index in [1.165, 1.54) is 11.9 Å². The molecule has 0 saturated carbocycles. The van der Waals surface area contributed by atoms with Crippen molar-refractivity contribution in [3.05, 3.63) is 28.2 Å². The zero-order valence-electron chi connectivity index (χ0n) is 7.30. The minimum atomic E-state index is -0.263. The van der Waals surface area contributed by atoms with E-state index < -0.39 is 0 Å². The molecule has 1 aromatic rings. The molecule has 0 unspecified atom stereocenters. The van der Waals surface area contributed by atoms with Gasteiger partial charge in [0.2, 0.25) is 0 Å². The molecule has 0 aromatic heterocycles. The standard InChI is InChI=1S/C8H8Cl2N2OS/c1-11-8(13)12-14-5-2-3-6(9)7(10)4-5/h2-4H,1H3,(H2,11,12,13). The molecule has 2 amide bonds. The lowest BCUT2D eigenvalue weighted by Gasteiger charge is -2.03. The summed E-state index contributed by atoms with van der Waals surface area (Å²) >= 11 is 12.7. The van der Waals surface area contributed by atoms with Gasteiger partial charge < -0.3 is 5.32 Å². The van der Waals surface area contributed by atoms with E-state index >= 15 is 0 Å². The van der Waals surface area contributed by atoms with Crippen molar-refractivity contribution in [3.63, 3.8) is 0 Å². The lowest BCUT2D eigenvalue weighted by molar-refractivity contribution is 0.248. The van der Waals surface area contributed by atoms with Gasteiger partial charge in [-0.25, -0.2) is 4.79 Å². The molecule has 6 heteroatoms. The van der Waals surface area contributed by atoms with Crippen molar-refractivity contribution in [1.82, 2.24) is 10.0 Å². The minimum absolute atomic E-state index is 0.263. The van der Waals surface area contributed by atoms with Gasteiger partial charge in [0, 0.05) is 11.9 Å². The highest BCUT2D eigenvalue weighted by molar-refractivity contribution is 7.98. The Morgan fingerprint density at radius 3 is 2.64 bits per heavy atom. The van der Waals surface area contributed by atoms with E-state index in [1.807, 2.05) is 0 Å². The largest absolute Gasteiger partial charge is 0.341 e. The Kier molecular flexibility index (Phi) is 4.38. The molecule has 0 saturated heterocycles. The average Bonchev–Trinajstić information content (AvgIpc) is 2.19. The zero-order chi connectivity index (χ0) is 10.6. The van der Waals surface area contributed by atoms with Crippen LogP contribution in [-0.2, 0) is 0 Å². The van der Waals surface area contributed by atoms with E-state index in [1.54, 1.807) is 25.2 Å². The summed E-state index contributed by atoms with van der Waals surface area (Å²) < 4.78 is 2.56. The molecule has 0 heterocycles. The fourth-order valence-electron chi connectivity index (χ4n) is 0.697. The summed E-state index contributed by atoms with van der Waals surface area (Å²) in [6, 6.07) is 4.87. The van der Waals surface area contributed by atoms with Gasteiger partial charge in [-0.05, 0) is 30.1 Å². The number of urea groups is 1. The van der Waals surface area contributed by atoms with Crippen LogP contribution >= 0.6 is 35.1 Å². The van der Waals surface area contributed by atoms with Gasteiger partial charge in [-0.15, -0.1) is 0 Å². The van der Waals surface area contributed by atoms with Crippen molar-refractivity contribution in [2.24, 2.45) is 0 Å². The summed E-state index contributed by atoms with van der Waals surface area (Å²) in [5, 5.41) is 3.40. The van der Waals surface area contributed by atoms with E-state index in [2.05, 4.69) is 10.0 Å². The van der Waals surface area contributed by atoms with E-state index in [0.29, 0.717) is 10.0 Å². The second-order valence-electron chi connectivity index (χ2n) is 2.36. The van der Waals surface area contributed by atoms with E-state index in [0.717, 1.165) is 4.90 Å². The molecule has 2 N–H and O–H groups in total. The summed E-state index contributed by atoms with van der Waals surface area (Å²) in [6.07, 6.45) is 0. The zero-order valence-corrected chi connectivity index (χ0v) is 9.63. The first kappa shape index (κ1) is 11.5. The Labute approximate surface area is 96.3 Å². The topological polar surface area (TPSA) is 41.1 Å². The molecule has 3 nitrogen and oxygen atoms in total. The Hall–Kier alpha value is -0.580. The molecule has 0 aliphatic rings. The average molecular weight is 251 g/mol. The highest BCUT2D eigenvalue weighted by Crippen LogP contribution is 2.26. The number of carbonyl (C=O) groups excluding carboxylic acids is 1. The molecule has 0 aliphatic carbocycles. The van der Waals surface area contributed by atoms with Crippen LogP contribution < -0.4 is 10.0 Å². The van der Waals surface area contributed by atoms with Crippen molar-refractivity contribution >= 4 is 41.2 Å². The third-order valence-corrected chi connectivity index (χ3v) is 2.90. The highest BCUT2D eigenvalue weighted by atomic mass is 35.5. The molecule has 1 rings (SSSR count). The van der Waals surface area contributed by atoms with Gasteiger partial charge in [0.05, 0.1) is 10.0 Å². The number of nitrogens with one attached hydrogen (secondary N) is 2. The van der Waals surface area contributed by atoms with Crippen LogP contribution in [0.15, 0.2) is 23.1 Å². The molecule has 0 spiro atoms. The maximum atomic E-state index is 10.8. The Balaban J connectivity index is 2.60. The van der Waals surface area contributed by atoms with Crippen molar-refractivity contribution in [2.45, 2.75) is 4.90 Å². The summed E-state index contributed by atoms with van der Waals surface area (Å²) in [4.78, 5) is 11.7. The number of hydrogen-bond acceptors (Lipinski definition) is 2. The first-order chi connectivity index (χ1) is 6.63. The first-order valence-electron chi connectivity index (χ1n) is 3.73. The Bertz CT molecular complexity index is 346. The van der Waals surface area contributed by atoms with Gasteiger partial charge in [-0.3, -0.25) is 4.72 Å². The maximum absolute atomic E-state index is 10.8. The number of amides is 2. The number of rotatable bonds is 2. The van der Waals surface area contributed by atoms with Gasteiger partial charge in [0.1, 0.15) is 0 Å². The molecule has 14 heavy (non-hydrogen) atoms. The highest BCUT2D eigenvalue weighted by Gasteiger charge is 2.01. The van der Waals surface area contributed by atoms with Crippen LogP contribution in [0.4, 0.5) is 4.79 Å². The number of hydrogen-bond donors (Lipinski definition) is 2. The number of halogens is 2. The van der Waals surface area contributed by atoms with Crippen molar-refractivity contribution in [3.8, 4) is 0 Å². The summed E-state index contributed by atoms with van der Waals surface area (Å²) in [6.45, 7) is 0. The molecule has 0 atom stereocenters. The van der Waals surface area contributed by atoms with E-state index in [4.69, 9.17) is 23.2 Å². The van der Waals surface area contributed by atoms with Crippen LogP contribution in [0, 0.1) is 0 Å². The van der Waals surface area contributed by atoms with Crippen LogP contribution in [0.3, 0.4) is 0 Å². The molecular weight excluding hydrogens is 243 g/mol. The smallest absolute Gasteiger partial charge is 0.324 e. The number of benzene rings is 1. The Morgan fingerprint density at radius 2 is 2.07 bits per heavy atom. The van der Waals surface area contributed by atoms with Crippen molar-refractivity contribution in [1.29, 1.82) is 0 Å².